The molecule has 0 saturated heterocycles. The van der Waals surface area contributed by atoms with Crippen molar-refractivity contribution < 1.29 is 0 Å². The first-order chi connectivity index (χ1) is 8.90. The van der Waals surface area contributed by atoms with E-state index >= 15 is 0 Å². The molecule has 0 atom stereocenters. The highest BCUT2D eigenvalue weighted by Gasteiger charge is 2.17. The smallest absolute Gasteiger partial charge is 0.133 e. The van der Waals surface area contributed by atoms with Crippen LogP contribution in [0.5, 0.6) is 0 Å². The number of nitrogens with zero attached hydrogens (tertiary/aromatic N) is 2. The molecule has 1 aromatic heterocycles. The molecule has 0 N–H and O–H groups in total. The van der Waals surface area contributed by atoms with E-state index in [1.165, 1.54) is 0 Å². The highest BCUT2D eigenvalue weighted by atomic mass is 35.5. The molecular formula is C16H21ClN2. The van der Waals surface area contributed by atoms with Gasteiger partial charge in [0.25, 0.3) is 0 Å². The van der Waals surface area contributed by atoms with Crippen molar-refractivity contribution >= 4 is 28.3 Å². The molecule has 2 nitrogen and oxygen atoms in total. The maximum Gasteiger partial charge on any atom is 0.133 e. The third kappa shape index (κ3) is 3.38. The van der Waals surface area contributed by atoms with Crippen LogP contribution in [-0.2, 0) is 5.88 Å². The van der Waals surface area contributed by atoms with Crippen LogP contribution in [-0.4, -0.2) is 18.6 Å². The molecule has 1 aromatic carbocycles. The Hall–Kier alpha value is -1.28. The van der Waals surface area contributed by atoms with Crippen LogP contribution in [0, 0.1) is 5.41 Å². The maximum absolute atomic E-state index is 6.08. The molecule has 0 bridgehead atoms. The fraction of sp³-hybridized carbons (Fsp3) is 0.438. The highest BCUT2D eigenvalue weighted by Crippen LogP contribution is 2.26. The van der Waals surface area contributed by atoms with E-state index in [0.717, 1.165) is 28.8 Å². The fourth-order valence-electron chi connectivity index (χ4n) is 2.36. The number of halogens is 1. The van der Waals surface area contributed by atoms with E-state index in [4.69, 9.17) is 16.6 Å². The minimum Gasteiger partial charge on any atom is -0.359 e. The zero-order valence-electron chi connectivity index (χ0n) is 12.1. The summed E-state index contributed by atoms with van der Waals surface area (Å²) in [5.41, 5.74) is 2.34. The summed E-state index contributed by atoms with van der Waals surface area (Å²) in [4.78, 5) is 6.97. The van der Waals surface area contributed by atoms with Crippen LogP contribution in [0.3, 0.4) is 0 Å². The quantitative estimate of drug-likeness (QED) is 0.770. The van der Waals surface area contributed by atoms with Gasteiger partial charge in [0.2, 0.25) is 0 Å². The van der Waals surface area contributed by atoms with Crippen molar-refractivity contribution in [2.75, 3.05) is 18.5 Å². The Morgan fingerprint density at radius 1 is 1.21 bits per heavy atom. The van der Waals surface area contributed by atoms with Crippen molar-refractivity contribution in [2.24, 2.45) is 5.41 Å². The average Bonchev–Trinajstić information content (AvgIpc) is 2.35. The molecule has 1 heterocycles. The van der Waals surface area contributed by atoms with E-state index < -0.39 is 0 Å². The Labute approximate surface area is 120 Å². The number of alkyl halides is 1. The largest absolute Gasteiger partial charge is 0.359 e. The molecule has 0 unspecified atom stereocenters. The Balaban J connectivity index is 2.46. The number of benzene rings is 1. The van der Waals surface area contributed by atoms with E-state index in [2.05, 4.69) is 44.9 Å². The summed E-state index contributed by atoms with van der Waals surface area (Å²) in [7, 11) is 2.08. The number of aromatic nitrogens is 1. The summed E-state index contributed by atoms with van der Waals surface area (Å²) >= 11 is 6.08. The summed E-state index contributed by atoms with van der Waals surface area (Å²) in [6, 6.07) is 10.3. The van der Waals surface area contributed by atoms with Gasteiger partial charge < -0.3 is 4.90 Å². The number of rotatable bonds is 3. The normalized spacial score (nSPS) is 11.8. The number of pyridine rings is 1. The highest BCUT2D eigenvalue weighted by molar-refractivity contribution is 6.17. The Morgan fingerprint density at radius 3 is 2.53 bits per heavy atom. The number of fused-ring (bicyclic) bond motifs is 1. The molecular weight excluding hydrogens is 256 g/mol. The van der Waals surface area contributed by atoms with Gasteiger partial charge in [-0.25, -0.2) is 4.98 Å². The third-order valence-electron chi connectivity index (χ3n) is 3.00. The summed E-state index contributed by atoms with van der Waals surface area (Å²) in [6.45, 7) is 7.63. The first kappa shape index (κ1) is 14.1. The van der Waals surface area contributed by atoms with Crippen molar-refractivity contribution in [3.05, 3.63) is 35.9 Å². The number of para-hydroxylation sites is 1. The molecule has 0 aliphatic heterocycles. The second kappa shape index (κ2) is 5.38. The van der Waals surface area contributed by atoms with Gasteiger partial charge in [-0.05, 0) is 17.5 Å². The molecule has 102 valence electrons. The first-order valence-corrected chi connectivity index (χ1v) is 7.10. The predicted octanol–water partition coefficient (Wildman–Crippen LogP) is 4.46. The number of hydrogen-bond donors (Lipinski definition) is 0. The predicted molar refractivity (Wildman–Crippen MR) is 84.0 cm³/mol. The standard InChI is InChI=1S/C16H21ClN2/c1-16(2,3)11-19(4)15-13(10-17)9-12-7-5-6-8-14(12)18-15/h5-9H,10-11H2,1-4H3. The minimum absolute atomic E-state index is 0.228. The monoisotopic (exact) mass is 276 g/mol. The SMILES string of the molecule is CN(CC(C)(C)C)c1nc2ccccc2cc1CCl. The lowest BCUT2D eigenvalue weighted by atomic mass is 9.96. The zero-order chi connectivity index (χ0) is 14.0. The summed E-state index contributed by atoms with van der Waals surface area (Å²) in [5, 5.41) is 1.14. The molecule has 2 rings (SSSR count). The van der Waals surface area contributed by atoms with Crippen LogP contribution >= 0.6 is 11.6 Å². The second-order valence-corrected chi connectivity index (χ2v) is 6.48. The summed E-state index contributed by atoms with van der Waals surface area (Å²) in [6.07, 6.45) is 0. The molecule has 3 heteroatoms. The van der Waals surface area contributed by atoms with E-state index in [1.807, 2.05) is 18.2 Å². The molecule has 0 aliphatic carbocycles. The lowest BCUT2D eigenvalue weighted by molar-refractivity contribution is 0.417. The van der Waals surface area contributed by atoms with E-state index in [1.54, 1.807) is 0 Å². The van der Waals surface area contributed by atoms with Crippen LogP contribution in [0.25, 0.3) is 10.9 Å². The van der Waals surface area contributed by atoms with E-state index in [9.17, 15) is 0 Å². The van der Waals surface area contributed by atoms with Gasteiger partial charge in [0.05, 0.1) is 11.4 Å². The lowest BCUT2D eigenvalue weighted by Crippen LogP contribution is -2.30. The lowest BCUT2D eigenvalue weighted by Gasteiger charge is -2.28. The Kier molecular flexibility index (Phi) is 4.00. The van der Waals surface area contributed by atoms with Crippen molar-refractivity contribution in [3.8, 4) is 0 Å². The maximum atomic E-state index is 6.08. The molecule has 2 aromatic rings. The fourth-order valence-corrected chi connectivity index (χ4v) is 2.56. The summed E-state index contributed by atoms with van der Waals surface area (Å²) in [5.74, 6) is 1.48. The van der Waals surface area contributed by atoms with Crippen LogP contribution in [0.2, 0.25) is 0 Å². The van der Waals surface area contributed by atoms with Crippen molar-refractivity contribution in [2.45, 2.75) is 26.7 Å². The summed E-state index contributed by atoms with van der Waals surface area (Å²) < 4.78 is 0. The van der Waals surface area contributed by atoms with Gasteiger partial charge in [-0.1, -0.05) is 39.0 Å². The topological polar surface area (TPSA) is 16.1 Å². The van der Waals surface area contributed by atoms with Gasteiger partial charge in [0.1, 0.15) is 5.82 Å². The van der Waals surface area contributed by atoms with E-state index in [-0.39, 0.29) is 5.41 Å². The van der Waals surface area contributed by atoms with Crippen LogP contribution in [0.15, 0.2) is 30.3 Å². The third-order valence-corrected chi connectivity index (χ3v) is 3.29. The van der Waals surface area contributed by atoms with Gasteiger partial charge in [0.15, 0.2) is 0 Å². The van der Waals surface area contributed by atoms with Crippen molar-refractivity contribution in [1.29, 1.82) is 0 Å². The van der Waals surface area contributed by atoms with Crippen LogP contribution in [0.4, 0.5) is 5.82 Å². The Bertz CT molecular complexity index is 572. The van der Waals surface area contributed by atoms with Crippen molar-refractivity contribution in [3.63, 3.8) is 0 Å². The molecule has 0 aliphatic rings. The van der Waals surface area contributed by atoms with E-state index in [0.29, 0.717) is 5.88 Å². The molecule has 19 heavy (non-hydrogen) atoms. The van der Waals surface area contributed by atoms with Crippen LogP contribution in [0.1, 0.15) is 26.3 Å². The molecule has 0 saturated carbocycles. The van der Waals surface area contributed by atoms with Gasteiger partial charge in [0, 0.05) is 24.5 Å². The molecule has 0 amide bonds. The van der Waals surface area contributed by atoms with Gasteiger partial charge in [-0.2, -0.15) is 0 Å². The zero-order valence-corrected chi connectivity index (χ0v) is 12.8. The van der Waals surface area contributed by atoms with Gasteiger partial charge in [-0.3, -0.25) is 0 Å². The average molecular weight is 277 g/mol. The second-order valence-electron chi connectivity index (χ2n) is 6.21. The van der Waals surface area contributed by atoms with Gasteiger partial charge in [-0.15, -0.1) is 11.6 Å². The van der Waals surface area contributed by atoms with Crippen LogP contribution < -0.4 is 4.90 Å². The Morgan fingerprint density at radius 2 is 1.89 bits per heavy atom. The molecule has 0 radical (unpaired) electrons. The molecule has 0 fully saturated rings. The number of anilines is 1. The van der Waals surface area contributed by atoms with Crippen molar-refractivity contribution in [1.82, 2.24) is 4.98 Å². The molecule has 0 spiro atoms. The first-order valence-electron chi connectivity index (χ1n) is 6.56. The van der Waals surface area contributed by atoms with Gasteiger partial charge >= 0.3 is 0 Å². The minimum atomic E-state index is 0.228. The number of hydrogen-bond acceptors (Lipinski definition) is 2.